The van der Waals surface area contributed by atoms with Gasteiger partial charge in [0.1, 0.15) is 5.82 Å². The molecule has 2 unspecified atom stereocenters. The second kappa shape index (κ2) is 6.12. The van der Waals surface area contributed by atoms with Gasteiger partial charge in [-0.05, 0) is 30.5 Å². The fraction of sp³-hybridized carbons (Fsp3) is 0.467. The average molecular weight is 249 g/mol. The van der Waals surface area contributed by atoms with Gasteiger partial charge in [-0.25, -0.2) is 4.39 Å². The lowest BCUT2D eigenvalue weighted by molar-refractivity contribution is 0.108. The number of likely N-dealkylation sites (tertiary alicyclic amines) is 1. The van der Waals surface area contributed by atoms with E-state index in [0.29, 0.717) is 0 Å². The van der Waals surface area contributed by atoms with Gasteiger partial charge in [0.15, 0.2) is 0 Å². The Labute approximate surface area is 108 Å². The molecule has 1 fully saturated rings. The summed E-state index contributed by atoms with van der Waals surface area (Å²) in [7, 11) is 0. The maximum absolute atomic E-state index is 13.8. The molecule has 0 spiro atoms. The number of halogens is 1. The third-order valence-electron chi connectivity index (χ3n) is 3.74. The van der Waals surface area contributed by atoms with Crippen molar-refractivity contribution in [3.63, 3.8) is 0 Å². The zero-order valence-corrected chi connectivity index (χ0v) is 10.6. The molecule has 2 atom stereocenters. The zero-order chi connectivity index (χ0) is 13.0. The lowest BCUT2D eigenvalue weighted by Gasteiger charge is -2.37. The fourth-order valence-corrected chi connectivity index (χ4v) is 2.83. The van der Waals surface area contributed by atoms with Crippen LogP contribution in [0.1, 0.15) is 17.9 Å². The van der Waals surface area contributed by atoms with Gasteiger partial charge in [0, 0.05) is 25.6 Å². The molecule has 98 valence electrons. The van der Waals surface area contributed by atoms with E-state index >= 15 is 0 Å². The maximum atomic E-state index is 13.8. The van der Waals surface area contributed by atoms with Crippen molar-refractivity contribution in [1.29, 1.82) is 0 Å². The molecule has 1 aliphatic heterocycles. The highest BCUT2D eigenvalue weighted by Gasteiger charge is 2.30. The molecule has 0 bridgehead atoms. The lowest BCUT2D eigenvalue weighted by Crippen LogP contribution is -2.41. The van der Waals surface area contributed by atoms with Crippen LogP contribution >= 0.6 is 0 Å². The van der Waals surface area contributed by atoms with Crippen LogP contribution in [-0.4, -0.2) is 36.2 Å². The largest absolute Gasteiger partial charge is 0.396 e. The Bertz CT molecular complexity index is 407. The lowest BCUT2D eigenvalue weighted by atomic mass is 9.80. The summed E-state index contributed by atoms with van der Waals surface area (Å²) in [5.74, 6) is 0.0750. The molecule has 2 rings (SSSR count). The third-order valence-corrected chi connectivity index (χ3v) is 3.74. The van der Waals surface area contributed by atoms with Crippen molar-refractivity contribution < 1.29 is 9.50 Å². The summed E-state index contributed by atoms with van der Waals surface area (Å²) in [6, 6.07) is 6.91. The van der Waals surface area contributed by atoms with Crippen molar-refractivity contribution in [3.8, 4) is 0 Å². The number of aliphatic hydroxyl groups excluding tert-OH is 1. The molecule has 0 aliphatic carbocycles. The quantitative estimate of drug-likeness (QED) is 0.828. The van der Waals surface area contributed by atoms with E-state index in [2.05, 4.69) is 11.5 Å². The van der Waals surface area contributed by atoms with Crippen LogP contribution in [0.3, 0.4) is 0 Å². The van der Waals surface area contributed by atoms with Crippen molar-refractivity contribution in [1.82, 2.24) is 4.90 Å². The van der Waals surface area contributed by atoms with Crippen LogP contribution < -0.4 is 0 Å². The van der Waals surface area contributed by atoms with Gasteiger partial charge in [0.2, 0.25) is 0 Å². The number of rotatable bonds is 4. The van der Waals surface area contributed by atoms with Crippen LogP contribution in [-0.2, 0) is 0 Å². The smallest absolute Gasteiger partial charge is 0.126 e. The van der Waals surface area contributed by atoms with E-state index in [-0.39, 0.29) is 24.3 Å². The van der Waals surface area contributed by atoms with Gasteiger partial charge in [0.25, 0.3) is 0 Å². The highest BCUT2D eigenvalue weighted by Crippen LogP contribution is 2.34. The van der Waals surface area contributed by atoms with Crippen molar-refractivity contribution in [2.75, 3.05) is 26.2 Å². The van der Waals surface area contributed by atoms with E-state index in [1.165, 1.54) is 6.07 Å². The predicted octanol–water partition coefficient (Wildman–Crippen LogP) is 2.41. The topological polar surface area (TPSA) is 23.5 Å². The Morgan fingerprint density at radius 1 is 1.44 bits per heavy atom. The first kappa shape index (κ1) is 13.2. The maximum Gasteiger partial charge on any atom is 0.126 e. The van der Waals surface area contributed by atoms with E-state index in [1.807, 2.05) is 18.2 Å². The van der Waals surface area contributed by atoms with Gasteiger partial charge in [-0.1, -0.05) is 24.3 Å². The molecule has 3 heteroatoms. The molecule has 1 saturated heterocycles. The standard InChI is InChI=1S/C15H20FNO/c1-2-8-17-9-7-13(12(10-17)11-18)14-5-3-4-6-15(14)16/h2-6,12-13,18H,1,7-11H2. The van der Waals surface area contributed by atoms with Crippen LogP contribution in [0.4, 0.5) is 4.39 Å². The van der Waals surface area contributed by atoms with Crippen molar-refractivity contribution >= 4 is 0 Å². The molecule has 0 saturated carbocycles. The Hall–Kier alpha value is -1.19. The number of piperidine rings is 1. The van der Waals surface area contributed by atoms with Crippen molar-refractivity contribution in [2.24, 2.45) is 5.92 Å². The monoisotopic (exact) mass is 249 g/mol. The summed E-state index contributed by atoms with van der Waals surface area (Å²) >= 11 is 0. The Morgan fingerprint density at radius 2 is 2.22 bits per heavy atom. The average Bonchev–Trinajstić information content (AvgIpc) is 2.40. The van der Waals surface area contributed by atoms with Gasteiger partial charge in [-0.2, -0.15) is 0 Å². The van der Waals surface area contributed by atoms with Gasteiger partial charge < -0.3 is 5.11 Å². The highest BCUT2D eigenvalue weighted by atomic mass is 19.1. The van der Waals surface area contributed by atoms with Crippen LogP contribution in [0, 0.1) is 11.7 Å². The first-order valence-corrected chi connectivity index (χ1v) is 6.44. The van der Waals surface area contributed by atoms with Gasteiger partial charge in [-0.15, -0.1) is 6.58 Å². The van der Waals surface area contributed by atoms with Crippen molar-refractivity contribution in [2.45, 2.75) is 12.3 Å². The fourth-order valence-electron chi connectivity index (χ4n) is 2.83. The van der Waals surface area contributed by atoms with E-state index in [0.717, 1.165) is 31.6 Å². The molecule has 1 aliphatic rings. The number of aliphatic hydroxyl groups is 1. The molecular formula is C15H20FNO. The minimum Gasteiger partial charge on any atom is -0.396 e. The molecule has 1 aromatic carbocycles. The third kappa shape index (κ3) is 2.79. The molecule has 1 N–H and O–H groups in total. The number of benzene rings is 1. The molecule has 1 heterocycles. The summed E-state index contributed by atoms with van der Waals surface area (Å²) in [4.78, 5) is 2.26. The SMILES string of the molecule is C=CCN1CCC(c2ccccc2F)C(CO)C1. The number of hydrogen-bond acceptors (Lipinski definition) is 2. The van der Waals surface area contributed by atoms with Crippen LogP contribution in [0.2, 0.25) is 0 Å². The number of nitrogens with zero attached hydrogens (tertiary/aromatic N) is 1. The van der Waals surface area contributed by atoms with E-state index in [9.17, 15) is 9.50 Å². The van der Waals surface area contributed by atoms with Gasteiger partial charge >= 0.3 is 0 Å². The second-order valence-corrected chi connectivity index (χ2v) is 4.91. The molecular weight excluding hydrogens is 229 g/mol. The first-order valence-electron chi connectivity index (χ1n) is 6.44. The minimum absolute atomic E-state index is 0.104. The second-order valence-electron chi connectivity index (χ2n) is 4.91. The molecule has 0 amide bonds. The molecule has 0 radical (unpaired) electrons. The van der Waals surface area contributed by atoms with Gasteiger partial charge in [-0.3, -0.25) is 4.90 Å². The molecule has 0 aromatic heterocycles. The summed E-state index contributed by atoms with van der Waals surface area (Å²) in [5, 5.41) is 9.52. The summed E-state index contributed by atoms with van der Waals surface area (Å²) < 4.78 is 13.8. The summed E-state index contributed by atoms with van der Waals surface area (Å²) in [6.07, 6.45) is 2.76. The van der Waals surface area contributed by atoms with Crippen LogP contribution in [0.25, 0.3) is 0 Å². The normalized spacial score (nSPS) is 25.0. The highest BCUT2D eigenvalue weighted by molar-refractivity contribution is 5.23. The molecule has 2 nitrogen and oxygen atoms in total. The van der Waals surface area contributed by atoms with E-state index < -0.39 is 0 Å². The Kier molecular flexibility index (Phi) is 4.50. The van der Waals surface area contributed by atoms with E-state index in [1.54, 1.807) is 6.07 Å². The molecule has 18 heavy (non-hydrogen) atoms. The molecule has 1 aromatic rings. The summed E-state index contributed by atoms with van der Waals surface area (Å²) in [5.41, 5.74) is 0.745. The minimum atomic E-state index is -0.155. The van der Waals surface area contributed by atoms with E-state index in [4.69, 9.17) is 0 Å². The first-order chi connectivity index (χ1) is 8.76. The summed E-state index contributed by atoms with van der Waals surface area (Å²) in [6.45, 7) is 6.41. The van der Waals surface area contributed by atoms with Gasteiger partial charge in [0.05, 0.1) is 0 Å². The van der Waals surface area contributed by atoms with Crippen LogP contribution in [0.15, 0.2) is 36.9 Å². The zero-order valence-electron chi connectivity index (χ0n) is 10.6. The predicted molar refractivity (Wildman–Crippen MR) is 71.0 cm³/mol. The van der Waals surface area contributed by atoms with Crippen LogP contribution in [0.5, 0.6) is 0 Å². The Balaban J connectivity index is 2.14. The number of hydrogen-bond donors (Lipinski definition) is 1. The van der Waals surface area contributed by atoms with Crippen molar-refractivity contribution in [3.05, 3.63) is 48.3 Å². The Morgan fingerprint density at radius 3 is 2.89 bits per heavy atom.